The molecule has 2 aromatic carbocycles. The summed E-state index contributed by atoms with van der Waals surface area (Å²) in [6, 6.07) is 11.9. The molecule has 0 saturated carbocycles. The molecule has 168 valence electrons. The number of benzene rings is 2. The molecule has 1 aliphatic heterocycles. The van der Waals surface area contributed by atoms with E-state index in [0.29, 0.717) is 18.2 Å². The van der Waals surface area contributed by atoms with Crippen LogP contribution < -0.4 is 14.8 Å². The normalized spacial score (nSPS) is 14.3. The zero-order valence-electron chi connectivity index (χ0n) is 17.7. The van der Waals surface area contributed by atoms with Gasteiger partial charge in [0.25, 0.3) is 5.91 Å². The van der Waals surface area contributed by atoms with E-state index < -0.39 is 15.9 Å². The van der Waals surface area contributed by atoms with Crippen molar-refractivity contribution in [2.24, 2.45) is 0 Å². The maximum atomic E-state index is 13.0. The summed E-state index contributed by atoms with van der Waals surface area (Å²) in [6.45, 7) is 0.935. The van der Waals surface area contributed by atoms with E-state index in [1.807, 2.05) is 29.6 Å². The van der Waals surface area contributed by atoms with E-state index in [1.165, 1.54) is 41.0 Å². The van der Waals surface area contributed by atoms with Gasteiger partial charge in [0.15, 0.2) is 5.13 Å². The fourth-order valence-electron chi connectivity index (χ4n) is 3.48. The number of hydrogen-bond donors (Lipinski definition) is 1. The van der Waals surface area contributed by atoms with Crippen molar-refractivity contribution in [3.63, 3.8) is 0 Å². The van der Waals surface area contributed by atoms with Crippen LogP contribution in [0.25, 0.3) is 11.3 Å². The van der Waals surface area contributed by atoms with Gasteiger partial charge in [-0.05, 0) is 55.3 Å². The van der Waals surface area contributed by atoms with Crippen LogP contribution in [0.5, 0.6) is 11.5 Å². The number of carbonyl (C=O) groups is 1. The Bertz CT molecular complexity index is 1220. The first-order valence-electron chi connectivity index (χ1n) is 10.0. The molecular formula is C22H23N3O5S2. The number of anilines is 1. The molecule has 4 rings (SSSR count). The number of ether oxygens (including phenoxy) is 2. The molecule has 8 nitrogen and oxygen atoms in total. The molecule has 1 aliphatic rings. The van der Waals surface area contributed by atoms with Crippen molar-refractivity contribution in [3.05, 3.63) is 53.4 Å². The van der Waals surface area contributed by atoms with Crippen LogP contribution in [-0.2, 0) is 10.0 Å². The highest BCUT2D eigenvalue weighted by atomic mass is 32.2. The lowest BCUT2D eigenvalue weighted by molar-refractivity contribution is 0.102. The lowest BCUT2D eigenvalue weighted by Gasteiger charge is -2.18. The fourth-order valence-corrected chi connectivity index (χ4v) is 5.90. The van der Waals surface area contributed by atoms with Crippen LogP contribution in [0.2, 0.25) is 0 Å². The quantitative estimate of drug-likeness (QED) is 0.560. The number of hydrogen-bond acceptors (Lipinski definition) is 7. The molecule has 0 spiro atoms. The van der Waals surface area contributed by atoms with Gasteiger partial charge in [-0.3, -0.25) is 10.1 Å². The van der Waals surface area contributed by atoms with Gasteiger partial charge in [0.2, 0.25) is 10.0 Å². The first kappa shape index (κ1) is 22.3. The van der Waals surface area contributed by atoms with Crippen molar-refractivity contribution >= 4 is 32.4 Å². The van der Waals surface area contributed by atoms with Crippen LogP contribution in [-0.4, -0.2) is 50.9 Å². The summed E-state index contributed by atoms with van der Waals surface area (Å²) in [5.74, 6) is 0.516. The third-order valence-electron chi connectivity index (χ3n) is 5.22. The van der Waals surface area contributed by atoms with E-state index in [-0.39, 0.29) is 16.2 Å². The van der Waals surface area contributed by atoms with Crippen LogP contribution in [0.15, 0.2) is 52.7 Å². The Kier molecular flexibility index (Phi) is 6.45. The number of nitrogens with one attached hydrogen (secondary N) is 1. The number of aromatic nitrogens is 1. The van der Waals surface area contributed by atoms with Gasteiger partial charge < -0.3 is 9.47 Å². The molecule has 1 saturated heterocycles. The predicted molar refractivity (Wildman–Crippen MR) is 123 cm³/mol. The number of rotatable bonds is 7. The number of thiazole rings is 1. The number of carbonyl (C=O) groups excluding carboxylic acids is 1. The van der Waals surface area contributed by atoms with Crippen molar-refractivity contribution in [1.82, 2.24) is 9.29 Å². The van der Waals surface area contributed by atoms with Crippen LogP contribution in [0.3, 0.4) is 0 Å². The van der Waals surface area contributed by atoms with Gasteiger partial charge in [-0.2, -0.15) is 4.31 Å². The topological polar surface area (TPSA) is 97.8 Å². The van der Waals surface area contributed by atoms with Crippen LogP contribution >= 0.6 is 11.3 Å². The van der Waals surface area contributed by atoms with Gasteiger partial charge in [0.05, 0.1) is 19.9 Å². The molecule has 2 heterocycles. The second-order valence-electron chi connectivity index (χ2n) is 7.20. The largest absolute Gasteiger partial charge is 0.497 e. The summed E-state index contributed by atoms with van der Waals surface area (Å²) in [5, 5.41) is 5.01. The molecule has 1 fully saturated rings. The number of sulfonamides is 1. The SMILES string of the molecule is COc1ccc(-c2csc(NC(=O)c3ccc(OC)c(S(=O)(=O)N4CCCC4)c3)n2)cc1. The minimum atomic E-state index is -3.74. The number of nitrogens with zero attached hydrogens (tertiary/aromatic N) is 2. The van der Waals surface area contributed by atoms with Crippen molar-refractivity contribution in [2.75, 3.05) is 32.6 Å². The maximum absolute atomic E-state index is 13.0. The van der Waals surface area contributed by atoms with Gasteiger partial charge in [-0.15, -0.1) is 11.3 Å². The predicted octanol–water partition coefficient (Wildman–Crippen LogP) is 3.86. The van der Waals surface area contributed by atoms with Crippen LogP contribution in [0.4, 0.5) is 5.13 Å². The lowest BCUT2D eigenvalue weighted by Crippen LogP contribution is -2.28. The van der Waals surface area contributed by atoms with Crippen molar-refractivity contribution in [3.8, 4) is 22.8 Å². The fraction of sp³-hybridized carbons (Fsp3) is 0.273. The Morgan fingerprint density at radius 2 is 1.78 bits per heavy atom. The summed E-state index contributed by atoms with van der Waals surface area (Å²) in [5.41, 5.74) is 1.83. The maximum Gasteiger partial charge on any atom is 0.257 e. The number of amides is 1. The first-order chi connectivity index (χ1) is 15.4. The summed E-state index contributed by atoms with van der Waals surface area (Å²) < 4.78 is 37.9. The van der Waals surface area contributed by atoms with Crippen molar-refractivity contribution in [2.45, 2.75) is 17.7 Å². The zero-order chi connectivity index (χ0) is 22.7. The summed E-state index contributed by atoms with van der Waals surface area (Å²) in [7, 11) is -0.728. The third-order valence-corrected chi connectivity index (χ3v) is 7.90. The first-order valence-corrected chi connectivity index (χ1v) is 12.3. The van der Waals surface area contributed by atoms with E-state index in [2.05, 4.69) is 10.3 Å². The Morgan fingerprint density at radius 3 is 2.44 bits per heavy atom. The minimum absolute atomic E-state index is 0.00684. The van der Waals surface area contributed by atoms with E-state index in [9.17, 15) is 13.2 Å². The molecule has 1 N–H and O–H groups in total. The molecule has 1 amide bonds. The van der Waals surface area contributed by atoms with Gasteiger partial charge in [0.1, 0.15) is 16.4 Å². The van der Waals surface area contributed by atoms with Crippen LogP contribution in [0.1, 0.15) is 23.2 Å². The number of methoxy groups -OCH3 is 2. The molecule has 0 radical (unpaired) electrons. The standard InChI is InChI=1S/C22H23N3O5S2/c1-29-17-8-5-15(6-9-17)18-14-31-22(23-18)24-21(26)16-7-10-19(30-2)20(13-16)32(27,28)25-11-3-4-12-25/h5-10,13-14H,3-4,11-12H2,1-2H3,(H,23,24,26). The van der Waals surface area contributed by atoms with E-state index in [4.69, 9.17) is 9.47 Å². The lowest BCUT2D eigenvalue weighted by atomic mass is 10.2. The molecular weight excluding hydrogens is 450 g/mol. The van der Waals surface area contributed by atoms with Gasteiger partial charge >= 0.3 is 0 Å². The zero-order valence-corrected chi connectivity index (χ0v) is 19.3. The summed E-state index contributed by atoms with van der Waals surface area (Å²) in [6.07, 6.45) is 1.64. The van der Waals surface area contributed by atoms with E-state index >= 15 is 0 Å². The van der Waals surface area contributed by atoms with Crippen LogP contribution in [0, 0.1) is 0 Å². The Labute approximate surface area is 190 Å². The van der Waals surface area contributed by atoms with Crippen molar-refractivity contribution < 1.29 is 22.7 Å². The average molecular weight is 474 g/mol. The van der Waals surface area contributed by atoms with E-state index in [1.54, 1.807) is 7.11 Å². The van der Waals surface area contributed by atoms with Gasteiger partial charge in [0, 0.05) is 29.6 Å². The molecule has 0 unspecified atom stereocenters. The van der Waals surface area contributed by atoms with Gasteiger partial charge in [-0.25, -0.2) is 13.4 Å². The molecule has 0 bridgehead atoms. The second kappa shape index (κ2) is 9.27. The van der Waals surface area contributed by atoms with Gasteiger partial charge in [-0.1, -0.05) is 0 Å². The Morgan fingerprint density at radius 1 is 1.06 bits per heavy atom. The van der Waals surface area contributed by atoms with Crippen molar-refractivity contribution in [1.29, 1.82) is 0 Å². The molecule has 10 heteroatoms. The Balaban J connectivity index is 1.55. The molecule has 1 aromatic heterocycles. The molecule has 0 aliphatic carbocycles. The molecule has 32 heavy (non-hydrogen) atoms. The third kappa shape index (κ3) is 4.47. The summed E-state index contributed by atoms with van der Waals surface area (Å²) >= 11 is 1.29. The average Bonchev–Trinajstić information content (AvgIpc) is 3.51. The smallest absolute Gasteiger partial charge is 0.257 e. The highest BCUT2D eigenvalue weighted by Gasteiger charge is 2.30. The van der Waals surface area contributed by atoms with E-state index in [0.717, 1.165) is 29.8 Å². The second-order valence-corrected chi connectivity index (χ2v) is 9.96. The Hall–Kier alpha value is -2.95. The molecule has 0 atom stereocenters. The summed E-state index contributed by atoms with van der Waals surface area (Å²) in [4.78, 5) is 17.3. The minimum Gasteiger partial charge on any atom is -0.497 e. The monoisotopic (exact) mass is 473 g/mol. The molecule has 3 aromatic rings. The highest BCUT2D eigenvalue weighted by Crippen LogP contribution is 2.31. The highest BCUT2D eigenvalue weighted by molar-refractivity contribution is 7.89.